The van der Waals surface area contributed by atoms with Crippen LogP contribution in [0.25, 0.3) is 28.1 Å². The maximum absolute atomic E-state index is 14.0. The lowest BCUT2D eigenvalue weighted by molar-refractivity contribution is -0.311. The molecule has 4 aromatic carbocycles. The molecule has 1 aromatic heterocycles. The minimum Gasteiger partial charge on any atom is -0.456 e. The van der Waals surface area contributed by atoms with Crippen molar-refractivity contribution in [2.45, 2.75) is 84.2 Å². The number of aromatic amines is 1. The summed E-state index contributed by atoms with van der Waals surface area (Å²) in [4.78, 5) is 73.3. The number of aromatic nitrogens is 1. The van der Waals surface area contributed by atoms with Crippen molar-refractivity contribution in [1.82, 2.24) is 15.4 Å². The molecule has 0 saturated carbocycles. The number of carbonyl (C=O) groups is 5. The molecule has 1 fully saturated rings. The molecule has 0 radical (unpaired) electrons. The number of rotatable bonds is 14. The van der Waals surface area contributed by atoms with E-state index in [1.807, 2.05) is 73.7 Å². The molecule has 14 heteroatoms. The Labute approximate surface area is 359 Å². The van der Waals surface area contributed by atoms with Crippen molar-refractivity contribution in [3.8, 4) is 11.1 Å². The number of hydroxylamine groups is 1. The monoisotopic (exact) mass is 843 g/mol. The Morgan fingerprint density at radius 2 is 1.35 bits per heavy atom. The Morgan fingerprint density at radius 3 is 2.02 bits per heavy atom. The molecule has 2 heterocycles. The maximum atomic E-state index is 14.0. The smallest absolute Gasteiger partial charge is 0.410 e. The number of benzene rings is 4. The highest BCUT2D eigenvalue weighted by molar-refractivity contribution is 5.91. The van der Waals surface area contributed by atoms with E-state index >= 15 is 0 Å². The molecule has 0 spiro atoms. The maximum Gasteiger partial charge on any atom is 0.410 e. The highest BCUT2D eigenvalue weighted by atomic mass is 16.8. The predicted molar refractivity (Wildman–Crippen MR) is 228 cm³/mol. The number of para-hydroxylation sites is 1. The average Bonchev–Trinajstić information content (AvgIpc) is 3.75. The molecule has 5 aromatic rings. The zero-order valence-corrected chi connectivity index (χ0v) is 35.1. The van der Waals surface area contributed by atoms with Crippen LogP contribution in [0.4, 0.5) is 4.79 Å². The van der Waals surface area contributed by atoms with Gasteiger partial charge in [0, 0.05) is 62.5 Å². The number of esters is 3. The lowest BCUT2D eigenvalue weighted by atomic mass is 9.98. The number of nitrogens with zero attached hydrogens (tertiary/aromatic N) is 1. The summed E-state index contributed by atoms with van der Waals surface area (Å²) in [5.41, 5.74) is 11.6. The molecule has 2 N–H and O–H groups in total. The lowest BCUT2D eigenvalue weighted by Crippen LogP contribution is -2.62. The first-order valence-corrected chi connectivity index (χ1v) is 20.4. The molecule has 1 saturated heterocycles. The molecule has 1 aliphatic heterocycles. The lowest BCUT2D eigenvalue weighted by Gasteiger charge is -2.42. The van der Waals surface area contributed by atoms with Gasteiger partial charge in [0.05, 0.1) is 6.10 Å². The standard InChI is InChI=1S/C48H49N3O11/c1-28-35(40-16-10-11-17-42(40)49-28)24-25-51(48(56)57-27-41-38-14-8-6-12-36(38)37-13-7-9-15-39(37)41)26-34-20-18-33(19-21-34)22-23-43(55)50-62-47-46(61-32(5)54)45(60-31(4)53)44(29(2)58-47)59-30(3)52/h6-23,29,41,44-47,49H,24-27H2,1-5H3,(H,50,55)/b23-22+/t29-,44+,45+,46-,47-/m0/s1. The molecule has 5 atom stereocenters. The minimum absolute atomic E-state index is 0.0795. The van der Waals surface area contributed by atoms with Crippen LogP contribution in [0.5, 0.6) is 0 Å². The fourth-order valence-corrected chi connectivity index (χ4v) is 8.17. The van der Waals surface area contributed by atoms with Gasteiger partial charge in [-0.15, -0.1) is 0 Å². The zero-order valence-electron chi connectivity index (χ0n) is 35.1. The van der Waals surface area contributed by atoms with Gasteiger partial charge in [0.2, 0.25) is 6.29 Å². The third-order valence-electron chi connectivity index (χ3n) is 10.9. The van der Waals surface area contributed by atoms with E-state index in [1.165, 1.54) is 13.0 Å². The third-order valence-corrected chi connectivity index (χ3v) is 10.9. The molecular formula is C48H49N3O11. The summed E-state index contributed by atoms with van der Waals surface area (Å²) in [6.07, 6.45) is -3.07. The number of ether oxygens (including phenoxy) is 5. The number of amides is 2. The van der Waals surface area contributed by atoms with Gasteiger partial charge in [-0.2, -0.15) is 0 Å². The number of nitrogens with one attached hydrogen (secondary N) is 2. The number of carbonyl (C=O) groups excluding carboxylic acids is 5. The number of hydrogen-bond donors (Lipinski definition) is 2. The van der Waals surface area contributed by atoms with Crippen LogP contribution in [-0.2, 0) is 60.7 Å². The van der Waals surface area contributed by atoms with Crippen LogP contribution < -0.4 is 5.48 Å². The number of fused-ring (bicyclic) bond motifs is 4. The normalized spacial score (nSPS) is 19.3. The molecule has 0 bridgehead atoms. The SMILES string of the molecule is CC(=O)O[C@H]1[C@H](OC(C)=O)[C@H](ONC(=O)/C=C/c2ccc(CN(CCc3c(C)[nH]c4ccccc34)C(=O)OCC3c4ccccc4-c4ccccc43)cc2)O[C@@H](C)[C@H]1OC(C)=O. The Hall–Kier alpha value is -6.77. The van der Waals surface area contributed by atoms with Crippen LogP contribution in [0.2, 0.25) is 0 Å². The van der Waals surface area contributed by atoms with Crippen molar-refractivity contribution in [2.75, 3.05) is 13.2 Å². The second-order valence-corrected chi connectivity index (χ2v) is 15.3. The van der Waals surface area contributed by atoms with Gasteiger partial charge in [0.25, 0.3) is 5.91 Å². The van der Waals surface area contributed by atoms with Gasteiger partial charge in [-0.05, 0) is 71.4 Å². The first kappa shape index (κ1) is 43.3. The average molecular weight is 844 g/mol. The van der Waals surface area contributed by atoms with E-state index in [2.05, 4.69) is 40.8 Å². The first-order valence-electron chi connectivity index (χ1n) is 20.4. The Balaban J connectivity index is 1.01. The predicted octanol–water partition coefficient (Wildman–Crippen LogP) is 7.07. The highest BCUT2D eigenvalue weighted by Gasteiger charge is 2.51. The quantitative estimate of drug-likeness (QED) is 0.0507. The van der Waals surface area contributed by atoms with E-state index in [0.717, 1.165) is 63.8 Å². The molecule has 14 nitrogen and oxygen atoms in total. The summed E-state index contributed by atoms with van der Waals surface area (Å²) in [5.74, 6) is -2.89. The summed E-state index contributed by atoms with van der Waals surface area (Å²) < 4.78 is 28.0. The van der Waals surface area contributed by atoms with E-state index in [0.29, 0.717) is 18.5 Å². The summed E-state index contributed by atoms with van der Waals surface area (Å²) in [7, 11) is 0. The van der Waals surface area contributed by atoms with Crippen molar-refractivity contribution in [3.63, 3.8) is 0 Å². The van der Waals surface area contributed by atoms with Crippen molar-refractivity contribution in [3.05, 3.63) is 137 Å². The van der Waals surface area contributed by atoms with E-state index in [-0.39, 0.29) is 19.1 Å². The van der Waals surface area contributed by atoms with Crippen LogP contribution in [-0.4, -0.2) is 83.6 Å². The zero-order chi connectivity index (χ0) is 43.9. The first-order chi connectivity index (χ1) is 29.9. The summed E-state index contributed by atoms with van der Waals surface area (Å²) >= 11 is 0. The van der Waals surface area contributed by atoms with Crippen LogP contribution in [0.1, 0.15) is 67.1 Å². The molecule has 62 heavy (non-hydrogen) atoms. The topological polar surface area (TPSA) is 172 Å². The molecule has 2 aliphatic rings. The largest absolute Gasteiger partial charge is 0.456 e. The Morgan fingerprint density at radius 1 is 0.758 bits per heavy atom. The summed E-state index contributed by atoms with van der Waals surface area (Å²) in [6.45, 7) is 7.95. The number of hydrogen-bond acceptors (Lipinski definition) is 11. The Bertz CT molecular complexity index is 2430. The van der Waals surface area contributed by atoms with E-state index in [9.17, 15) is 24.0 Å². The second kappa shape index (κ2) is 19.3. The van der Waals surface area contributed by atoms with E-state index in [4.69, 9.17) is 28.5 Å². The fraction of sp³-hybridized carbons (Fsp3) is 0.312. The van der Waals surface area contributed by atoms with Gasteiger partial charge < -0.3 is 33.6 Å². The van der Waals surface area contributed by atoms with Gasteiger partial charge in [-0.25, -0.2) is 15.1 Å². The minimum atomic E-state index is -1.42. The van der Waals surface area contributed by atoms with Gasteiger partial charge in [-0.1, -0.05) is 91.0 Å². The van der Waals surface area contributed by atoms with Gasteiger partial charge >= 0.3 is 24.0 Å². The van der Waals surface area contributed by atoms with Gasteiger partial charge in [0.1, 0.15) is 6.61 Å². The summed E-state index contributed by atoms with van der Waals surface area (Å²) in [6, 6.07) is 32.0. The van der Waals surface area contributed by atoms with E-state index < -0.39 is 60.6 Å². The molecular weight excluding hydrogens is 795 g/mol. The number of H-pyrrole nitrogens is 1. The summed E-state index contributed by atoms with van der Waals surface area (Å²) in [5, 5.41) is 1.12. The van der Waals surface area contributed by atoms with Gasteiger partial charge in [0.15, 0.2) is 18.3 Å². The fourth-order valence-electron chi connectivity index (χ4n) is 8.17. The van der Waals surface area contributed by atoms with Crippen LogP contribution >= 0.6 is 0 Å². The van der Waals surface area contributed by atoms with Crippen LogP contribution in [0, 0.1) is 6.92 Å². The molecule has 1 aliphatic carbocycles. The van der Waals surface area contributed by atoms with Crippen molar-refractivity contribution < 1.29 is 52.5 Å². The molecule has 2 amide bonds. The number of aryl methyl sites for hydroxylation is 1. The van der Waals surface area contributed by atoms with E-state index in [1.54, 1.807) is 17.9 Å². The highest BCUT2D eigenvalue weighted by Crippen LogP contribution is 2.44. The Kier molecular flexibility index (Phi) is 13.5. The van der Waals surface area contributed by atoms with Crippen molar-refractivity contribution in [2.24, 2.45) is 0 Å². The third kappa shape index (κ3) is 10.0. The van der Waals surface area contributed by atoms with Gasteiger partial charge in [-0.3, -0.25) is 19.2 Å². The van der Waals surface area contributed by atoms with Crippen molar-refractivity contribution >= 4 is 46.9 Å². The van der Waals surface area contributed by atoms with Crippen molar-refractivity contribution in [1.29, 1.82) is 0 Å². The van der Waals surface area contributed by atoms with Crippen LogP contribution in [0.15, 0.2) is 103 Å². The molecule has 322 valence electrons. The second-order valence-electron chi connectivity index (χ2n) is 15.3. The molecule has 0 unspecified atom stereocenters. The molecule has 7 rings (SSSR count). The van der Waals surface area contributed by atoms with Crippen LogP contribution in [0.3, 0.4) is 0 Å².